The Morgan fingerprint density at radius 3 is 1.68 bits per heavy atom. The van der Waals surface area contributed by atoms with E-state index in [0.29, 0.717) is 11.1 Å². The summed E-state index contributed by atoms with van der Waals surface area (Å²) >= 11 is 0. The van der Waals surface area contributed by atoms with E-state index in [2.05, 4.69) is 42.5 Å². The van der Waals surface area contributed by atoms with Crippen LogP contribution in [0.3, 0.4) is 0 Å². The van der Waals surface area contributed by atoms with E-state index in [-0.39, 0.29) is 5.69 Å². The largest absolute Gasteiger partial charge is 0.397 e. The molecule has 0 saturated heterocycles. The summed E-state index contributed by atoms with van der Waals surface area (Å²) in [4.78, 5) is 0. The van der Waals surface area contributed by atoms with Gasteiger partial charge in [-0.2, -0.15) is 10.5 Å². The highest BCUT2D eigenvalue weighted by molar-refractivity contribution is 6.14. The molecule has 0 aliphatic heterocycles. The van der Waals surface area contributed by atoms with E-state index in [1.54, 1.807) is 0 Å². The lowest BCUT2D eigenvalue weighted by molar-refractivity contribution is 1.44. The van der Waals surface area contributed by atoms with Crippen molar-refractivity contribution in [2.75, 3.05) is 5.73 Å². The molecule has 0 heterocycles. The Kier molecular flexibility index (Phi) is 4.36. The van der Waals surface area contributed by atoms with Crippen LogP contribution in [0.1, 0.15) is 11.1 Å². The van der Waals surface area contributed by atoms with Crippen LogP contribution in [0.25, 0.3) is 43.8 Å². The number of nitrogens with two attached hydrogens (primary N) is 1. The highest BCUT2D eigenvalue weighted by Gasteiger charge is 2.21. The maximum Gasteiger partial charge on any atom is 0.102 e. The number of nitrogen functional groups attached to an aromatic ring is 1. The Balaban J connectivity index is 1.99. The lowest BCUT2D eigenvalue weighted by atomic mass is 9.85. The zero-order valence-corrected chi connectivity index (χ0v) is 16.6. The predicted octanol–water partition coefficient (Wildman–Crippen LogP) is 6.65. The van der Waals surface area contributed by atoms with Crippen molar-refractivity contribution in [3.8, 4) is 34.4 Å². The first kappa shape index (κ1) is 18.4. The number of nitrogens with zero attached hydrogens (tertiary/aromatic N) is 2. The van der Waals surface area contributed by atoms with E-state index in [1.165, 1.54) is 0 Å². The molecule has 3 heteroatoms. The van der Waals surface area contributed by atoms with Crippen molar-refractivity contribution in [2.24, 2.45) is 0 Å². The minimum atomic E-state index is 0.221. The number of benzene rings is 5. The number of rotatable bonds is 2. The van der Waals surface area contributed by atoms with Crippen LogP contribution in [0.2, 0.25) is 0 Å². The molecule has 0 fully saturated rings. The third-order valence-corrected chi connectivity index (χ3v) is 5.72. The molecule has 5 rings (SSSR count). The first-order chi connectivity index (χ1) is 15.2. The van der Waals surface area contributed by atoms with Crippen LogP contribution in [-0.2, 0) is 0 Å². The summed E-state index contributed by atoms with van der Waals surface area (Å²) in [5.74, 6) is 0. The lowest BCUT2D eigenvalue weighted by Crippen LogP contribution is -2.01. The minimum Gasteiger partial charge on any atom is -0.397 e. The van der Waals surface area contributed by atoms with Crippen molar-refractivity contribution < 1.29 is 0 Å². The Morgan fingerprint density at radius 2 is 1.10 bits per heavy atom. The van der Waals surface area contributed by atoms with Gasteiger partial charge in [-0.3, -0.25) is 0 Å². The van der Waals surface area contributed by atoms with Crippen molar-refractivity contribution >= 4 is 27.2 Å². The molecule has 0 bridgehead atoms. The number of anilines is 1. The number of hydrogen-bond acceptors (Lipinski definition) is 3. The predicted molar refractivity (Wildman–Crippen MR) is 126 cm³/mol. The van der Waals surface area contributed by atoms with Crippen LogP contribution < -0.4 is 5.73 Å². The normalized spacial score (nSPS) is 10.6. The Morgan fingerprint density at radius 1 is 0.581 bits per heavy atom. The highest BCUT2D eigenvalue weighted by atomic mass is 14.6. The molecule has 3 nitrogen and oxygen atoms in total. The molecule has 144 valence electrons. The van der Waals surface area contributed by atoms with E-state index < -0.39 is 0 Å². The number of fused-ring (bicyclic) bond motifs is 2. The zero-order chi connectivity index (χ0) is 21.4. The zero-order valence-electron chi connectivity index (χ0n) is 16.6. The summed E-state index contributed by atoms with van der Waals surface area (Å²) in [6, 6.07) is 34.6. The molecule has 0 saturated carbocycles. The molecule has 0 atom stereocenters. The molecule has 0 radical (unpaired) electrons. The Labute approximate surface area is 180 Å². The van der Waals surface area contributed by atoms with Gasteiger partial charge in [-0.15, -0.1) is 0 Å². The van der Waals surface area contributed by atoms with Crippen molar-refractivity contribution in [3.63, 3.8) is 0 Å². The average Bonchev–Trinajstić information content (AvgIpc) is 2.82. The molecule has 0 aromatic heterocycles. The molecule has 5 aromatic rings. The molecule has 31 heavy (non-hydrogen) atoms. The van der Waals surface area contributed by atoms with Gasteiger partial charge in [0.1, 0.15) is 12.1 Å². The molecule has 2 N–H and O–H groups in total. The van der Waals surface area contributed by atoms with E-state index >= 15 is 0 Å². The maximum atomic E-state index is 10.0. The Bertz CT molecular complexity index is 1500. The fourth-order valence-electron chi connectivity index (χ4n) is 4.29. The third-order valence-electron chi connectivity index (χ3n) is 5.72. The number of nitriles is 2. The molecule has 5 aromatic carbocycles. The van der Waals surface area contributed by atoms with Crippen LogP contribution in [0.5, 0.6) is 0 Å². The smallest absolute Gasteiger partial charge is 0.102 e. The van der Waals surface area contributed by atoms with E-state index in [4.69, 9.17) is 5.73 Å². The number of hydrogen-bond donors (Lipinski definition) is 1. The molecular weight excluding hydrogens is 378 g/mol. The van der Waals surface area contributed by atoms with E-state index in [0.717, 1.165) is 43.8 Å². The molecule has 0 aliphatic carbocycles. The second kappa shape index (κ2) is 7.34. The van der Waals surface area contributed by atoms with Gasteiger partial charge in [-0.05, 0) is 44.8 Å². The van der Waals surface area contributed by atoms with Crippen molar-refractivity contribution in [3.05, 3.63) is 102 Å². The van der Waals surface area contributed by atoms with Crippen molar-refractivity contribution in [1.82, 2.24) is 0 Å². The summed E-state index contributed by atoms with van der Waals surface area (Å²) in [5.41, 5.74) is 10.6. The standard InChI is InChI=1S/C28H17N3/c29-16-25-23(18-8-2-1-3-9-18)15-24(26(17-30)28(25)31)27-21-12-6-4-10-19(21)14-20-11-5-7-13-22(20)27/h1-15H,31H2. The summed E-state index contributed by atoms with van der Waals surface area (Å²) < 4.78 is 0. The summed E-state index contributed by atoms with van der Waals surface area (Å²) in [5, 5.41) is 24.2. The summed E-state index contributed by atoms with van der Waals surface area (Å²) in [6.07, 6.45) is 0. The van der Waals surface area contributed by atoms with E-state index in [1.807, 2.05) is 60.7 Å². The van der Waals surface area contributed by atoms with Crippen LogP contribution in [0.15, 0.2) is 91.0 Å². The van der Waals surface area contributed by atoms with Gasteiger partial charge in [0.2, 0.25) is 0 Å². The topological polar surface area (TPSA) is 73.6 Å². The highest BCUT2D eigenvalue weighted by Crippen LogP contribution is 2.42. The van der Waals surface area contributed by atoms with Gasteiger partial charge in [-0.25, -0.2) is 0 Å². The van der Waals surface area contributed by atoms with Crippen LogP contribution in [-0.4, -0.2) is 0 Å². The monoisotopic (exact) mass is 395 g/mol. The fourth-order valence-corrected chi connectivity index (χ4v) is 4.29. The van der Waals surface area contributed by atoms with Gasteiger partial charge in [0, 0.05) is 11.1 Å². The second-order valence-electron chi connectivity index (χ2n) is 7.42. The van der Waals surface area contributed by atoms with Gasteiger partial charge >= 0.3 is 0 Å². The SMILES string of the molecule is N#Cc1c(-c2ccccc2)cc(-c2c3ccccc3cc3ccccc23)c(C#N)c1N. The first-order valence-corrected chi connectivity index (χ1v) is 9.96. The molecule has 0 aliphatic rings. The van der Waals surface area contributed by atoms with Crippen LogP contribution in [0.4, 0.5) is 5.69 Å². The Hall–Kier alpha value is -4.60. The van der Waals surface area contributed by atoms with Gasteiger partial charge in [-0.1, -0.05) is 78.9 Å². The molecular formula is C28H17N3. The van der Waals surface area contributed by atoms with Crippen molar-refractivity contribution in [1.29, 1.82) is 10.5 Å². The third kappa shape index (κ3) is 2.89. The summed E-state index contributed by atoms with van der Waals surface area (Å²) in [7, 11) is 0. The molecule has 0 amide bonds. The fraction of sp³-hybridized carbons (Fsp3) is 0. The van der Waals surface area contributed by atoms with Crippen LogP contribution >= 0.6 is 0 Å². The second-order valence-corrected chi connectivity index (χ2v) is 7.42. The van der Waals surface area contributed by atoms with Gasteiger partial charge in [0.15, 0.2) is 0 Å². The average molecular weight is 395 g/mol. The maximum absolute atomic E-state index is 10.0. The molecule has 0 spiro atoms. The lowest BCUT2D eigenvalue weighted by Gasteiger charge is -2.17. The molecule has 0 unspecified atom stereocenters. The van der Waals surface area contributed by atoms with Gasteiger partial charge < -0.3 is 5.73 Å². The van der Waals surface area contributed by atoms with E-state index in [9.17, 15) is 10.5 Å². The quantitative estimate of drug-likeness (QED) is 0.268. The van der Waals surface area contributed by atoms with Gasteiger partial charge in [0.05, 0.1) is 16.8 Å². The van der Waals surface area contributed by atoms with Gasteiger partial charge in [0.25, 0.3) is 0 Å². The summed E-state index contributed by atoms with van der Waals surface area (Å²) in [6.45, 7) is 0. The van der Waals surface area contributed by atoms with Crippen molar-refractivity contribution in [2.45, 2.75) is 0 Å². The van der Waals surface area contributed by atoms with Crippen LogP contribution in [0, 0.1) is 22.7 Å². The first-order valence-electron chi connectivity index (χ1n) is 9.96. The minimum absolute atomic E-state index is 0.221.